The fourth-order valence-corrected chi connectivity index (χ4v) is 4.45. The monoisotopic (exact) mass is 474 g/mol. The summed E-state index contributed by atoms with van der Waals surface area (Å²) in [5, 5.41) is 13.6. The van der Waals surface area contributed by atoms with Gasteiger partial charge in [-0.15, -0.1) is 5.10 Å². The van der Waals surface area contributed by atoms with E-state index in [-0.39, 0.29) is 11.6 Å². The van der Waals surface area contributed by atoms with Gasteiger partial charge in [-0.3, -0.25) is 9.69 Å². The molecule has 1 N–H and O–H groups in total. The van der Waals surface area contributed by atoms with Crippen LogP contribution in [0.15, 0.2) is 53.3 Å². The molecule has 0 aliphatic rings. The maximum absolute atomic E-state index is 13.1. The molecule has 35 heavy (non-hydrogen) atoms. The van der Waals surface area contributed by atoms with E-state index in [1.54, 1.807) is 11.8 Å². The number of benzene rings is 2. The van der Waals surface area contributed by atoms with Gasteiger partial charge in [0.05, 0.1) is 19.2 Å². The van der Waals surface area contributed by atoms with E-state index < -0.39 is 0 Å². The lowest BCUT2D eigenvalue weighted by Gasteiger charge is -2.30. The number of aromatic nitrogens is 5. The van der Waals surface area contributed by atoms with E-state index in [1.807, 2.05) is 12.1 Å². The predicted molar refractivity (Wildman–Crippen MR) is 137 cm³/mol. The molecule has 0 amide bonds. The second kappa shape index (κ2) is 11.4. The van der Waals surface area contributed by atoms with Gasteiger partial charge in [-0.25, -0.2) is 4.68 Å². The Bertz CT molecular complexity index is 1310. The zero-order valence-corrected chi connectivity index (χ0v) is 21.0. The van der Waals surface area contributed by atoms with Crippen molar-refractivity contribution >= 4 is 10.9 Å². The molecule has 0 spiro atoms. The molecular weight excluding hydrogens is 440 g/mol. The minimum absolute atomic E-state index is 0.0653. The predicted octanol–water partition coefficient (Wildman–Crippen LogP) is 4.19. The number of aryl methyl sites for hydroxylation is 2. The Hall–Kier alpha value is -3.36. The Morgan fingerprint density at radius 2 is 1.83 bits per heavy atom. The van der Waals surface area contributed by atoms with Crippen molar-refractivity contribution in [3.8, 4) is 0 Å². The van der Waals surface area contributed by atoms with Crippen molar-refractivity contribution in [1.82, 2.24) is 30.1 Å². The number of hydrogen-bond donors (Lipinski definition) is 1. The van der Waals surface area contributed by atoms with Crippen LogP contribution in [0.3, 0.4) is 0 Å². The largest absolute Gasteiger partial charge is 0.383 e. The number of nitrogens with zero attached hydrogens (tertiary/aromatic N) is 5. The average Bonchev–Trinajstić information content (AvgIpc) is 3.32. The third kappa shape index (κ3) is 5.83. The molecule has 0 bridgehead atoms. The first-order chi connectivity index (χ1) is 17.0. The van der Waals surface area contributed by atoms with Gasteiger partial charge < -0.3 is 9.72 Å². The molecule has 1 atom stereocenters. The number of hydrogen-bond acceptors (Lipinski definition) is 6. The second-order valence-electron chi connectivity index (χ2n) is 8.97. The van der Waals surface area contributed by atoms with Crippen LogP contribution in [0.2, 0.25) is 0 Å². The van der Waals surface area contributed by atoms with Crippen LogP contribution in [0.4, 0.5) is 0 Å². The number of rotatable bonds is 11. The number of pyridine rings is 1. The fraction of sp³-hybridized carbons (Fsp3) is 0.407. The van der Waals surface area contributed by atoms with Crippen LogP contribution in [0.5, 0.6) is 0 Å². The molecule has 8 nitrogen and oxygen atoms in total. The lowest BCUT2D eigenvalue weighted by Crippen LogP contribution is -2.32. The molecule has 2 aromatic carbocycles. The van der Waals surface area contributed by atoms with Crippen LogP contribution in [0.1, 0.15) is 54.4 Å². The smallest absolute Gasteiger partial charge is 0.252 e. The number of ether oxygens (including phenoxy) is 1. The summed E-state index contributed by atoms with van der Waals surface area (Å²) in [5.41, 5.74) is 5.16. The summed E-state index contributed by atoms with van der Waals surface area (Å²) >= 11 is 0. The number of fused-ring (bicyclic) bond motifs is 1. The summed E-state index contributed by atoms with van der Waals surface area (Å²) in [6, 6.07) is 16.7. The molecule has 2 heterocycles. The van der Waals surface area contributed by atoms with Crippen molar-refractivity contribution < 1.29 is 4.74 Å². The zero-order valence-electron chi connectivity index (χ0n) is 21.0. The summed E-state index contributed by atoms with van der Waals surface area (Å²) in [4.78, 5) is 18.4. The van der Waals surface area contributed by atoms with Crippen molar-refractivity contribution in [2.24, 2.45) is 0 Å². The minimum Gasteiger partial charge on any atom is -0.383 e. The van der Waals surface area contributed by atoms with Crippen LogP contribution in [-0.4, -0.2) is 43.8 Å². The van der Waals surface area contributed by atoms with Crippen molar-refractivity contribution in [3.05, 3.63) is 87.0 Å². The van der Waals surface area contributed by atoms with Crippen LogP contribution in [0, 0.1) is 6.92 Å². The topological polar surface area (TPSA) is 88.9 Å². The van der Waals surface area contributed by atoms with E-state index >= 15 is 0 Å². The molecule has 4 aromatic rings. The van der Waals surface area contributed by atoms with Gasteiger partial charge >= 0.3 is 0 Å². The fourth-order valence-electron chi connectivity index (χ4n) is 4.45. The van der Waals surface area contributed by atoms with Crippen LogP contribution >= 0.6 is 0 Å². The van der Waals surface area contributed by atoms with Gasteiger partial charge in [0.15, 0.2) is 5.82 Å². The van der Waals surface area contributed by atoms with Crippen LogP contribution in [-0.2, 0) is 30.8 Å². The van der Waals surface area contributed by atoms with Crippen LogP contribution < -0.4 is 5.56 Å². The Labute approximate surface area is 205 Å². The lowest BCUT2D eigenvalue weighted by atomic mass is 10.1. The van der Waals surface area contributed by atoms with Gasteiger partial charge in [0.25, 0.3) is 5.56 Å². The molecule has 0 saturated carbocycles. The maximum Gasteiger partial charge on any atom is 0.252 e. The van der Waals surface area contributed by atoms with E-state index in [0.717, 1.165) is 35.1 Å². The van der Waals surface area contributed by atoms with Gasteiger partial charge in [0.1, 0.15) is 0 Å². The van der Waals surface area contributed by atoms with E-state index in [4.69, 9.17) is 4.74 Å². The molecule has 2 aromatic heterocycles. The molecule has 0 aliphatic carbocycles. The first-order valence-corrected chi connectivity index (χ1v) is 12.2. The highest BCUT2D eigenvalue weighted by Gasteiger charge is 2.26. The van der Waals surface area contributed by atoms with Crippen molar-refractivity contribution in [3.63, 3.8) is 0 Å². The second-order valence-corrected chi connectivity index (χ2v) is 8.97. The number of H-pyrrole nitrogens is 1. The molecule has 8 heteroatoms. The third-order valence-corrected chi connectivity index (χ3v) is 6.47. The standard InChI is InChI=1S/C27H34N6O2/c1-5-20-11-12-24-22(15-20)16-23(27(34)28-24)18-32(17-21-9-7-19(3)8-10-21)25(6-2)26-29-30-31-33(26)13-14-35-4/h7-12,15-16,25H,5-6,13-14,17-18H2,1-4H3,(H,28,34). The molecule has 1 unspecified atom stereocenters. The maximum atomic E-state index is 13.1. The summed E-state index contributed by atoms with van der Waals surface area (Å²) in [5.74, 6) is 0.780. The van der Waals surface area contributed by atoms with Crippen molar-refractivity contribution in [1.29, 1.82) is 0 Å². The normalized spacial score (nSPS) is 12.5. The average molecular weight is 475 g/mol. The number of nitrogens with one attached hydrogen (secondary N) is 1. The van der Waals surface area contributed by atoms with Gasteiger partial charge in [-0.05, 0) is 64.9 Å². The van der Waals surface area contributed by atoms with Crippen LogP contribution in [0.25, 0.3) is 10.9 Å². The number of methoxy groups -OCH3 is 1. The van der Waals surface area contributed by atoms with E-state index in [1.165, 1.54) is 16.7 Å². The molecule has 0 radical (unpaired) electrons. The zero-order chi connectivity index (χ0) is 24.8. The highest BCUT2D eigenvalue weighted by atomic mass is 16.5. The van der Waals surface area contributed by atoms with Gasteiger partial charge in [0, 0.05) is 31.3 Å². The van der Waals surface area contributed by atoms with Gasteiger partial charge in [-0.2, -0.15) is 0 Å². The number of aromatic amines is 1. The van der Waals surface area contributed by atoms with E-state index in [9.17, 15) is 4.79 Å². The molecule has 0 saturated heterocycles. The summed E-state index contributed by atoms with van der Waals surface area (Å²) in [6.45, 7) is 8.59. The van der Waals surface area contributed by atoms with Crippen molar-refractivity contribution in [2.75, 3.05) is 13.7 Å². The first kappa shape index (κ1) is 24.8. The van der Waals surface area contributed by atoms with Gasteiger partial charge in [-0.1, -0.05) is 49.7 Å². The highest BCUT2D eigenvalue weighted by molar-refractivity contribution is 5.79. The highest BCUT2D eigenvalue weighted by Crippen LogP contribution is 2.27. The summed E-state index contributed by atoms with van der Waals surface area (Å²) in [6.07, 6.45) is 1.75. The molecular formula is C27H34N6O2. The molecule has 184 valence electrons. The summed E-state index contributed by atoms with van der Waals surface area (Å²) in [7, 11) is 1.67. The Balaban J connectivity index is 1.73. The SMILES string of the molecule is CCc1ccc2[nH]c(=O)c(CN(Cc3ccc(C)cc3)C(CC)c3nnnn3CCOC)cc2c1. The van der Waals surface area contributed by atoms with Crippen molar-refractivity contribution in [2.45, 2.75) is 59.3 Å². The Morgan fingerprint density at radius 1 is 1.06 bits per heavy atom. The minimum atomic E-state index is -0.0692. The molecule has 4 rings (SSSR count). The Kier molecular flexibility index (Phi) is 8.05. The Morgan fingerprint density at radius 3 is 2.54 bits per heavy atom. The van der Waals surface area contributed by atoms with E-state index in [2.05, 4.69) is 82.6 Å². The number of tetrazole rings is 1. The summed E-state index contributed by atoms with van der Waals surface area (Å²) < 4.78 is 7.05. The van der Waals surface area contributed by atoms with E-state index in [0.29, 0.717) is 26.2 Å². The molecule has 0 aliphatic heterocycles. The quantitative estimate of drug-likeness (QED) is 0.351. The van der Waals surface area contributed by atoms with Gasteiger partial charge in [0.2, 0.25) is 0 Å². The first-order valence-electron chi connectivity index (χ1n) is 12.2. The third-order valence-electron chi connectivity index (χ3n) is 6.47. The lowest BCUT2D eigenvalue weighted by molar-refractivity contribution is 0.151. The molecule has 0 fully saturated rings.